The van der Waals surface area contributed by atoms with E-state index < -0.39 is 18.6 Å². The van der Waals surface area contributed by atoms with Crippen LogP contribution in [-0.4, -0.2) is 52.4 Å². The molecule has 4 rings (SSSR count). The standard InChI is InChI=1S/C28H28F2N2O4.CH2O2/c29-28(30,16-20-4-2-1-3-5-20)18-36-21-8-6-19(7-9-21)14-15-31-17-25(34)22-10-12-24(33)27-23(22)11-13-26(35)32-27;2-1-3/h1-13,25,31,33-34H,14-18H2,(H,32,35);1H,(H,2,3)/t25-;/m0./s1. The molecule has 0 aliphatic rings. The minimum atomic E-state index is -2.97. The quantitative estimate of drug-likeness (QED) is 0.143. The van der Waals surface area contributed by atoms with Crippen molar-refractivity contribution in [3.8, 4) is 11.5 Å². The van der Waals surface area contributed by atoms with Crippen LogP contribution in [0.3, 0.4) is 0 Å². The summed E-state index contributed by atoms with van der Waals surface area (Å²) in [5.41, 5.74) is 2.11. The van der Waals surface area contributed by atoms with Gasteiger partial charge in [-0.15, -0.1) is 0 Å². The number of aromatic hydroxyl groups is 1. The van der Waals surface area contributed by atoms with Crippen molar-refractivity contribution in [2.24, 2.45) is 0 Å². The third kappa shape index (κ3) is 8.91. The highest BCUT2D eigenvalue weighted by atomic mass is 19.3. The lowest BCUT2D eigenvalue weighted by Crippen LogP contribution is -2.28. The van der Waals surface area contributed by atoms with Crippen LogP contribution in [0, 0.1) is 0 Å². The third-order valence-electron chi connectivity index (χ3n) is 5.87. The molecule has 0 aliphatic heterocycles. The molecular weight excluding hydrogens is 510 g/mol. The molecule has 3 aromatic carbocycles. The second-order valence-electron chi connectivity index (χ2n) is 8.81. The molecule has 0 aliphatic carbocycles. The van der Waals surface area contributed by atoms with E-state index in [-0.39, 0.29) is 30.7 Å². The first kappa shape index (κ1) is 29.3. The number of carboxylic acid groups (broad SMARTS) is 1. The Morgan fingerprint density at radius 1 is 0.974 bits per heavy atom. The lowest BCUT2D eigenvalue weighted by atomic mass is 10.0. The van der Waals surface area contributed by atoms with Gasteiger partial charge in [0.1, 0.15) is 11.5 Å². The predicted molar refractivity (Wildman–Crippen MR) is 143 cm³/mol. The summed E-state index contributed by atoms with van der Waals surface area (Å²) in [6, 6.07) is 21.6. The van der Waals surface area contributed by atoms with Crippen LogP contribution >= 0.6 is 0 Å². The first-order valence-electron chi connectivity index (χ1n) is 12.2. The maximum Gasteiger partial charge on any atom is 0.290 e. The number of aromatic nitrogens is 1. The van der Waals surface area contributed by atoms with Gasteiger partial charge in [0.15, 0.2) is 6.61 Å². The highest BCUT2D eigenvalue weighted by Gasteiger charge is 2.30. The first-order chi connectivity index (χ1) is 18.7. The molecule has 5 N–H and O–H groups in total. The van der Waals surface area contributed by atoms with Crippen LogP contribution in [0.4, 0.5) is 8.78 Å². The Hall–Kier alpha value is -4.28. The summed E-state index contributed by atoms with van der Waals surface area (Å²) in [5.74, 6) is -2.64. The fourth-order valence-corrected chi connectivity index (χ4v) is 4.02. The number of aliphatic hydroxyl groups excluding tert-OH is 1. The number of benzene rings is 3. The van der Waals surface area contributed by atoms with Gasteiger partial charge in [0.05, 0.1) is 11.6 Å². The molecule has 1 atom stereocenters. The molecule has 0 bridgehead atoms. The van der Waals surface area contributed by atoms with E-state index in [0.717, 1.165) is 5.56 Å². The minimum Gasteiger partial charge on any atom is -0.506 e. The van der Waals surface area contributed by atoms with Crippen molar-refractivity contribution in [3.63, 3.8) is 0 Å². The van der Waals surface area contributed by atoms with Crippen LogP contribution in [0.1, 0.15) is 22.8 Å². The van der Waals surface area contributed by atoms with E-state index in [2.05, 4.69) is 10.3 Å². The Kier molecular flexibility index (Phi) is 10.5. The number of H-pyrrole nitrogens is 1. The molecule has 8 nitrogen and oxygen atoms in total. The SMILES string of the molecule is O=CO.O=c1ccc2c([C@@H](O)CNCCc3ccc(OCC(F)(F)Cc4ccccc4)cc3)ccc(O)c2[nH]1. The number of carbonyl (C=O) groups is 1. The van der Waals surface area contributed by atoms with E-state index in [1.54, 1.807) is 54.6 Å². The minimum absolute atomic E-state index is 0.0565. The maximum atomic E-state index is 14.2. The van der Waals surface area contributed by atoms with Gasteiger partial charge in [-0.25, -0.2) is 8.78 Å². The molecule has 0 saturated heterocycles. The number of hydrogen-bond donors (Lipinski definition) is 5. The molecule has 4 aromatic rings. The van der Waals surface area contributed by atoms with E-state index in [1.165, 1.54) is 12.1 Å². The fraction of sp³-hybridized carbons (Fsp3) is 0.241. The van der Waals surface area contributed by atoms with E-state index in [0.29, 0.717) is 40.7 Å². The Morgan fingerprint density at radius 2 is 1.67 bits per heavy atom. The molecule has 0 fully saturated rings. The molecule has 1 heterocycles. The van der Waals surface area contributed by atoms with E-state index in [4.69, 9.17) is 14.6 Å². The average molecular weight is 541 g/mol. The van der Waals surface area contributed by atoms with Crippen molar-refractivity contribution in [1.29, 1.82) is 0 Å². The second-order valence-corrected chi connectivity index (χ2v) is 8.81. The summed E-state index contributed by atoms with van der Waals surface area (Å²) in [5, 5.41) is 31.3. The zero-order chi connectivity index (χ0) is 28.3. The Bertz CT molecular complexity index is 1390. The summed E-state index contributed by atoms with van der Waals surface area (Å²) in [6.45, 7) is -0.0868. The summed E-state index contributed by atoms with van der Waals surface area (Å²) in [4.78, 5) is 22.5. The number of hydrogen-bond acceptors (Lipinski definition) is 6. The van der Waals surface area contributed by atoms with E-state index >= 15 is 0 Å². The van der Waals surface area contributed by atoms with Gasteiger partial charge < -0.3 is 30.4 Å². The van der Waals surface area contributed by atoms with Gasteiger partial charge in [-0.1, -0.05) is 48.5 Å². The van der Waals surface area contributed by atoms with Crippen molar-refractivity contribution < 1.29 is 33.6 Å². The van der Waals surface area contributed by atoms with Crippen molar-refractivity contribution in [1.82, 2.24) is 10.3 Å². The number of alkyl halides is 2. The van der Waals surface area contributed by atoms with Gasteiger partial charge >= 0.3 is 0 Å². The van der Waals surface area contributed by atoms with E-state index in [9.17, 15) is 23.8 Å². The van der Waals surface area contributed by atoms with Gasteiger partial charge in [0.25, 0.3) is 12.4 Å². The van der Waals surface area contributed by atoms with Crippen LogP contribution in [0.5, 0.6) is 11.5 Å². The first-order valence-corrected chi connectivity index (χ1v) is 12.2. The number of phenolic OH excluding ortho intramolecular Hbond substituents is 1. The van der Waals surface area contributed by atoms with Crippen molar-refractivity contribution in [2.75, 3.05) is 19.7 Å². The van der Waals surface area contributed by atoms with Crippen LogP contribution in [0.15, 0.2) is 83.7 Å². The number of halogens is 2. The third-order valence-corrected chi connectivity index (χ3v) is 5.87. The molecule has 39 heavy (non-hydrogen) atoms. The lowest BCUT2D eigenvalue weighted by Gasteiger charge is -2.17. The summed E-state index contributed by atoms with van der Waals surface area (Å²) in [7, 11) is 0. The van der Waals surface area contributed by atoms with Gasteiger partial charge in [-0.3, -0.25) is 9.59 Å². The highest BCUT2D eigenvalue weighted by molar-refractivity contribution is 5.87. The Labute approximate surface area is 223 Å². The molecule has 10 heteroatoms. The maximum absolute atomic E-state index is 14.2. The topological polar surface area (TPSA) is 132 Å². The zero-order valence-electron chi connectivity index (χ0n) is 21.0. The molecule has 206 valence electrons. The van der Waals surface area contributed by atoms with Crippen molar-refractivity contribution in [2.45, 2.75) is 24.9 Å². The van der Waals surface area contributed by atoms with Gasteiger partial charge in [0.2, 0.25) is 5.56 Å². The number of fused-ring (bicyclic) bond motifs is 1. The Morgan fingerprint density at radius 3 is 2.36 bits per heavy atom. The molecule has 0 unspecified atom stereocenters. The molecule has 0 saturated carbocycles. The number of aliphatic hydroxyl groups is 1. The van der Waals surface area contributed by atoms with Crippen LogP contribution < -0.4 is 15.6 Å². The Balaban J connectivity index is 0.00000134. The van der Waals surface area contributed by atoms with Gasteiger partial charge in [0, 0.05) is 24.4 Å². The smallest absolute Gasteiger partial charge is 0.290 e. The summed E-state index contributed by atoms with van der Waals surface area (Å²) >= 11 is 0. The van der Waals surface area contributed by atoms with Crippen LogP contribution in [0.2, 0.25) is 0 Å². The van der Waals surface area contributed by atoms with E-state index in [1.807, 2.05) is 12.1 Å². The average Bonchev–Trinajstić information content (AvgIpc) is 2.92. The molecule has 0 amide bonds. The number of pyridine rings is 1. The number of aromatic amines is 1. The zero-order valence-corrected chi connectivity index (χ0v) is 21.0. The number of phenols is 1. The molecule has 1 aromatic heterocycles. The lowest BCUT2D eigenvalue weighted by molar-refractivity contribution is -0.122. The molecule has 0 spiro atoms. The largest absolute Gasteiger partial charge is 0.506 e. The number of rotatable bonds is 11. The van der Waals surface area contributed by atoms with Crippen molar-refractivity contribution >= 4 is 17.4 Å². The highest BCUT2D eigenvalue weighted by Crippen LogP contribution is 2.28. The van der Waals surface area contributed by atoms with Gasteiger partial charge in [-0.05, 0) is 53.9 Å². The second kappa shape index (κ2) is 14.0. The van der Waals surface area contributed by atoms with Crippen LogP contribution in [0.25, 0.3) is 10.9 Å². The summed E-state index contributed by atoms with van der Waals surface area (Å²) < 4.78 is 33.7. The fourth-order valence-electron chi connectivity index (χ4n) is 4.02. The number of nitrogens with one attached hydrogen (secondary N) is 2. The molecular formula is C29H30F2N2O6. The predicted octanol–water partition coefficient (Wildman–Crippen LogP) is 4.06. The van der Waals surface area contributed by atoms with Crippen LogP contribution in [-0.2, 0) is 17.6 Å². The van der Waals surface area contributed by atoms with Gasteiger partial charge in [-0.2, -0.15) is 0 Å². The monoisotopic (exact) mass is 540 g/mol. The summed E-state index contributed by atoms with van der Waals surface area (Å²) in [6.07, 6.45) is -0.547. The van der Waals surface area contributed by atoms with Crippen molar-refractivity contribution in [3.05, 3.63) is 106 Å². The number of ether oxygens (including phenoxy) is 1. The normalized spacial score (nSPS) is 11.9. The molecule has 0 radical (unpaired) electrons.